The average molecular weight is 309 g/mol. The minimum Gasteiger partial charge on any atom is -0.497 e. The molecule has 0 unspecified atom stereocenters. The van der Waals surface area contributed by atoms with Crippen LogP contribution in [0.25, 0.3) is 11.5 Å². The Kier molecular flexibility index (Phi) is 4.63. The number of ether oxygens (including phenoxy) is 1. The second-order valence-electron chi connectivity index (χ2n) is 4.65. The Morgan fingerprint density at radius 2 is 1.83 bits per heavy atom. The Morgan fingerprint density at radius 1 is 1.04 bits per heavy atom. The number of nitrogens with zero attached hydrogens (tertiary/aromatic N) is 3. The first kappa shape index (κ1) is 14.8. The van der Waals surface area contributed by atoms with Gasteiger partial charge in [-0.25, -0.2) is 0 Å². The van der Waals surface area contributed by atoms with Gasteiger partial charge in [0.15, 0.2) is 6.61 Å². The minimum atomic E-state index is 0.118. The fraction of sp³-hybridized carbons (Fsp3) is 0.118. The van der Waals surface area contributed by atoms with E-state index in [1.165, 1.54) is 0 Å². The van der Waals surface area contributed by atoms with Crippen molar-refractivity contribution in [3.8, 4) is 17.2 Å². The monoisotopic (exact) mass is 309 g/mol. The van der Waals surface area contributed by atoms with Crippen LogP contribution in [0, 0.1) is 0 Å². The van der Waals surface area contributed by atoms with Gasteiger partial charge in [0.1, 0.15) is 5.75 Å². The molecule has 0 radical (unpaired) electrons. The van der Waals surface area contributed by atoms with Crippen LogP contribution in [0.2, 0.25) is 0 Å². The van der Waals surface area contributed by atoms with Crippen molar-refractivity contribution >= 4 is 6.21 Å². The smallest absolute Gasteiger partial charge is 0.257 e. The minimum absolute atomic E-state index is 0.118. The van der Waals surface area contributed by atoms with Crippen LogP contribution in [-0.2, 0) is 11.4 Å². The lowest BCUT2D eigenvalue weighted by atomic mass is 10.2. The molecule has 0 amide bonds. The topological polar surface area (TPSA) is 69.7 Å². The Hall–Kier alpha value is -3.15. The molecule has 3 aromatic rings. The van der Waals surface area contributed by atoms with E-state index < -0.39 is 0 Å². The molecule has 0 fully saturated rings. The summed E-state index contributed by atoms with van der Waals surface area (Å²) >= 11 is 0. The van der Waals surface area contributed by atoms with Crippen LogP contribution in [0.3, 0.4) is 0 Å². The quantitative estimate of drug-likeness (QED) is 0.516. The molecule has 1 heterocycles. The van der Waals surface area contributed by atoms with Gasteiger partial charge in [0.25, 0.3) is 5.89 Å². The SMILES string of the molecule is COc1ccc(-c2nnc(CO/N=C/c3ccccc3)o2)cc1. The Bertz CT molecular complexity index is 767. The maximum Gasteiger partial charge on any atom is 0.257 e. The number of methoxy groups -OCH3 is 1. The van der Waals surface area contributed by atoms with Gasteiger partial charge in [-0.1, -0.05) is 35.5 Å². The van der Waals surface area contributed by atoms with Crippen molar-refractivity contribution in [1.82, 2.24) is 10.2 Å². The van der Waals surface area contributed by atoms with E-state index in [2.05, 4.69) is 15.4 Å². The molecule has 0 N–H and O–H groups in total. The molecule has 0 atom stereocenters. The highest BCUT2D eigenvalue weighted by molar-refractivity contribution is 5.78. The first-order valence-corrected chi connectivity index (χ1v) is 7.02. The second-order valence-corrected chi connectivity index (χ2v) is 4.65. The van der Waals surface area contributed by atoms with Gasteiger partial charge in [-0.3, -0.25) is 0 Å². The van der Waals surface area contributed by atoms with Crippen LogP contribution >= 0.6 is 0 Å². The molecule has 0 aliphatic heterocycles. The third-order valence-corrected chi connectivity index (χ3v) is 3.07. The third-order valence-electron chi connectivity index (χ3n) is 3.07. The Morgan fingerprint density at radius 3 is 2.57 bits per heavy atom. The van der Waals surface area contributed by atoms with Crippen LogP contribution in [-0.4, -0.2) is 23.5 Å². The Balaban J connectivity index is 1.57. The predicted octanol–water partition coefficient (Wildman–Crippen LogP) is 3.30. The van der Waals surface area contributed by atoms with Gasteiger partial charge in [-0.05, 0) is 29.8 Å². The summed E-state index contributed by atoms with van der Waals surface area (Å²) in [6.45, 7) is 0.118. The molecule has 6 heteroatoms. The van der Waals surface area contributed by atoms with Crippen LogP contribution in [0.1, 0.15) is 11.5 Å². The highest BCUT2D eigenvalue weighted by Crippen LogP contribution is 2.21. The van der Waals surface area contributed by atoms with Crippen molar-refractivity contribution in [2.75, 3.05) is 7.11 Å². The third kappa shape index (κ3) is 3.94. The van der Waals surface area contributed by atoms with Crippen molar-refractivity contribution in [2.45, 2.75) is 6.61 Å². The van der Waals surface area contributed by atoms with E-state index in [1.807, 2.05) is 54.6 Å². The first-order valence-electron chi connectivity index (χ1n) is 7.02. The zero-order chi connectivity index (χ0) is 15.9. The number of hydrogen-bond acceptors (Lipinski definition) is 6. The van der Waals surface area contributed by atoms with Crippen molar-refractivity contribution in [3.05, 3.63) is 66.1 Å². The zero-order valence-corrected chi connectivity index (χ0v) is 12.5. The van der Waals surface area contributed by atoms with Gasteiger partial charge < -0.3 is 14.0 Å². The van der Waals surface area contributed by atoms with E-state index in [1.54, 1.807) is 13.3 Å². The lowest BCUT2D eigenvalue weighted by molar-refractivity contribution is 0.112. The highest BCUT2D eigenvalue weighted by atomic mass is 16.6. The summed E-state index contributed by atoms with van der Waals surface area (Å²) in [5.74, 6) is 1.56. The summed E-state index contributed by atoms with van der Waals surface area (Å²) in [5.41, 5.74) is 1.77. The molecule has 2 aromatic carbocycles. The van der Waals surface area contributed by atoms with Gasteiger partial charge >= 0.3 is 0 Å². The van der Waals surface area contributed by atoms with E-state index in [9.17, 15) is 0 Å². The van der Waals surface area contributed by atoms with Crippen molar-refractivity contribution < 1.29 is 14.0 Å². The second kappa shape index (κ2) is 7.22. The van der Waals surface area contributed by atoms with E-state index in [0.29, 0.717) is 11.8 Å². The standard InChI is InChI=1S/C17H15N3O3/c1-21-15-9-7-14(8-10-15)17-20-19-16(23-17)12-22-18-11-13-5-3-2-4-6-13/h2-11H,12H2,1H3/b18-11+. The molecule has 0 saturated heterocycles. The molecule has 23 heavy (non-hydrogen) atoms. The van der Waals surface area contributed by atoms with Crippen molar-refractivity contribution in [2.24, 2.45) is 5.16 Å². The summed E-state index contributed by atoms with van der Waals surface area (Å²) in [6, 6.07) is 17.0. The summed E-state index contributed by atoms with van der Waals surface area (Å²) in [4.78, 5) is 5.16. The zero-order valence-electron chi connectivity index (χ0n) is 12.5. The van der Waals surface area contributed by atoms with E-state index >= 15 is 0 Å². The van der Waals surface area contributed by atoms with Crippen LogP contribution in [0.4, 0.5) is 0 Å². The molecule has 116 valence electrons. The molecule has 1 aromatic heterocycles. The van der Waals surface area contributed by atoms with Crippen molar-refractivity contribution in [1.29, 1.82) is 0 Å². The first-order chi connectivity index (χ1) is 11.3. The van der Waals surface area contributed by atoms with E-state index in [0.717, 1.165) is 16.9 Å². The summed E-state index contributed by atoms with van der Waals surface area (Å²) < 4.78 is 10.6. The lowest BCUT2D eigenvalue weighted by Crippen LogP contribution is -1.88. The average Bonchev–Trinajstić information content (AvgIpc) is 3.09. The molecular formula is C17H15N3O3. The largest absolute Gasteiger partial charge is 0.497 e. The molecule has 3 rings (SSSR count). The van der Waals surface area contributed by atoms with Crippen LogP contribution in [0.5, 0.6) is 5.75 Å². The molecule has 6 nitrogen and oxygen atoms in total. The van der Waals surface area contributed by atoms with Crippen LogP contribution in [0.15, 0.2) is 64.2 Å². The summed E-state index contributed by atoms with van der Waals surface area (Å²) in [7, 11) is 1.62. The molecule has 0 aliphatic rings. The molecule has 0 saturated carbocycles. The van der Waals surface area contributed by atoms with Gasteiger partial charge in [-0.15, -0.1) is 10.2 Å². The Labute approximate surface area is 133 Å². The molecule has 0 spiro atoms. The van der Waals surface area contributed by atoms with Gasteiger partial charge in [-0.2, -0.15) is 0 Å². The van der Waals surface area contributed by atoms with E-state index in [4.69, 9.17) is 14.0 Å². The van der Waals surface area contributed by atoms with Gasteiger partial charge in [0, 0.05) is 5.56 Å². The normalized spacial score (nSPS) is 10.8. The fourth-order valence-electron chi connectivity index (χ4n) is 1.89. The highest BCUT2D eigenvalue weighted by Gasteiger charge is 2.08. The maximum absolute atomic E-state index is 5.53. The summed E-state index contributed by atoms with van der Waals surface area (Å²) in [5, 5.41) is 11.8. The summed E-state index contributed by atoms with van der Waals surface area (Å²) in [6.07, 6.45) is 1.63. The predicted molar refractivity (Wildman–Crippen MR) is 85.1 cm³/mol. The number of aromatic nitrogens is 2. The number of rotatable bonds is 6. The van der Waals surface area contributed by atoms with E-state index in [-0.39, 0.29) is 6.61 Å². The number of oxime groups is 1. The fourth-order valence-corrected chi connectivity index (χ4v) is 1.89. The number of hydrogen-bond donors (Lipinski definition) is 0. The van der Waals surface area contributed by atoms with Crippen molar-refractivity contribution in [3.63, 3.8) is 0 Å². The number of benzene rings is 2. The lowest BCUT2D eigenvalue weighted by Gasteiger charge is -1.99. The molecule has 0 bridgehead atoms. The molecule has 0 aliphatic carbocycles. The van der Waals surface area contributed by atoms with Gasteiger partial charge in [0.2, 0.25) is 5.89 Å². The molecular weight excluding hydrogens is 294 g/mol. The maximum atomic E-state index is 5.53. The van der Waals surface area contributed by atoms with Crippen LogP contribution < -0.4 is 4.74 Å². The van der Waals surface area contributed by atoms with Gasteiger partial charge in [0.05, 0.1) is 13.3 Å².